The minimum absolute atomic E-state index is 0.330. The summed E-state index contributed by atoms with van der Waals surface area (Å²) in [4.78, 5) is 11.4. The molecule has 0 aromatic carbocycles. The fourth-order valence-electron chi connectivity index (χ4n) is 2.35. The van der Waals surface area contributed by atoms with E-state index in [0.717, 1.165) is 12.8 Å². The van der Waals surface area contributed by atoms with Gasteiger partial charge in [0, 0.05) is 0 Å². The fraction of sp³-hybridized carbons (Fsp3) is 0.615. The van der Waals surface area contributed by atoms with Gasteiger partial charge in [0.1, 0.15) is 18.1 Å². The molecular formula is C13H20N2O3. The van der Waals surface area contributed by atoms with Crippen LogP contribution in [0.2, 0.25) is 0 Å². The van der Waals surface area contributed by atoms with E-state index < -0.39 is 0 Å². The van der Waals surface area contributed by atoms with Gasteiger partial charge < -0.3 is 9.15 Å². The highest BCUT2D eigenvalue weighted by molar-refractivity contribution is 5.94. The third-order valence-corrected chi connectivity index (χ3v) is 3.36. The Bertz CT molecular complexity index is 408. The summed E-state index contributed by atoms with van der Waals surface area (Å²) in [7, 11) is 0. The molecule has 5 nitrogen and oxygen atoms in total. The van der Waals surface area contributed by atoms with E-state index in [-0.39, 0.29) is 5.91 Å². The number of hydrogen-bond donors (Lipinski definition) is 2. The Morgan fingerprint density at radius 3 is 2.89 bits per heavy atom. The van der Waals surface area contributed by atoms with Crippen molar-refractivity contribution in [2.45, 2.75) is 51.7 Å². The lowest BCUT2D eigenvalue weighted by Crippen LogP contribution is -2.30. The van der Waals surface area contributed by atoms with E-state index in [0.29, 0.717) is 29.8 Å². The van der Waals surface area contributed by atoms with Crippen LogP contribution >= 0.6 is 0 Å². The number of furan rings is 1. The molecule has 18 heavy (non-hydrogen) atoms. The predicted octanol–water partition coefficient (Wildman–Crippen LogP) is 2.04. The lowest BCUT2D eigenvalue weighted by molar-refractivity contribution is 0.00850. The maximum Gasteiger partial charge on any atom is 0.268 e. The van der Waals surface area contributed by atoms with Crippen LogP contribution in [0.25, 0.3) is 0 Å². The number of amides is 1. The van der Waals surface area contributed by atoms with Gasteiger partial charge in [-0.15, -0.1) is 0 Å². The summed E-state index contributed by atoms with van der Waals surface area (Å²) in [5, 5.41) is 0. The highest BCUT2D eigenvalue weighted by Crippen LogP contribution is 2.22. The van der Waals surface area contributed by atoms with Crippen molar-refractivity contribution in [2.24, 2.45) is 5.84 Å². The molecule has 0 aliphatic heterocycles. The number of carbonyl (C=O) groups excluding carboxylic acids is 1. The number of hydrogen-bond acceptors (Lipinski definition) is 4. The van der Waals surface area contributed by atoms with Crippen LogP contribution in [-0.4, -0.2) is 12.0 Å². The van der Waals surface area contributed by atoms with Crippen molar-refractivity contribution >= 4 is 5.91 Å². The second-order valence-corrected chi connectivity index (χ2v) is 4.73. The highest BCUT2D eigenvalue weighted by Gasteiger charge is 2.17. The van der Waals surface area contributed by atoms with Crippen LogP contribution in [0.5, 0.6) is 0 Å². The number of ether oxygens (including phenoxy) is 1. The van der Waals surface area contributed by atoms with Gasteiger partial charge in [-0.1, -0.05) is 19.3 Å². The van der Waals surface area contributed by atoms with E-state index in [1.807, 2.05) is 0 Å². The Morgan fingerprint density at radius 2 is 2.22 bits per heavy atom. The van der Waals surface area contributed by atoms with Crippen molar-refractivity contribution in [2.75, 3.05) is 0 Å². The molecule has 1 aromatic heterocycles. The average Bonchev–Trinajstić information content (AvgIpc) is 2.78. The van der Waals surface area contributed by atoms with Crippen LogP contribution in [0.3, 0.4) is 0 Å². The molecule has 1 aromatic rings. The largest absolute Gasteiger partial charge is 0.463 e. The van der Waals surface area contributed by atoms with E-state index in [9.17, 15) is 4.79 Å². The molecule has 100 valence electrons. The molecule has 2 rings (SSSR count). The molecule has 0 unspecified atom stereocenters. The van der Waals surface area contributed by atoms with Crippen molar-refractivity contribution in [3.8, 4) is 0 Å². The minimum Gasteiger partial charge on any atom is -0.463 e. The normalized spacial score (nSPS) is 16.8. The van der Waals surface area contributed by atoms with Gasteiger partial charge in [0.2, 0.25) is 0 Å². The molecule has 1 amide bonds. The summed E-state index contributed by atoms with van der Waals surface area (Å²) < 4.78 is 11.3. The Labute approximate surface area is 107 Å². The molecular weight excluding hydrogens is 232 g/mol. The first-order valence-electron chi connectivity index (χ1n) is 6.42. The standard InChI is InChI=1S/C13H20N2O3/c1-9-12(13(16)15-14)7-11(18-9)8-17-10-5-3-2-4-6-10/h7,10H,2-6,8,14H2,1H3,(H,15,16). The monoisotopic (exact) mass is 252 g/mol. The molecule has 0 atom stereocenters. The molecule has 0 spiro atoms. The number of aryl methyl sites for hydroxylation is 1. The smallest absolute Gasteiger partial charge is 0.268 e. The molecule has 1 aliphatic carbocycles. The van der Waals surface area contributed by atoms with Crippen LogP contribution in [0, 0.1) is 6.92 Å². The van der Waals surface area contributed by atoms with Crippen LogP contribution in [-0.2, 0) is 11.3 Å². The summed E-state index contributed by atoms with van der Waals surface area (Å²) in [5.41, 5.74) is 2.57. The SMILES string of the molecule is Cc1oc(COC2CCCCC2)cc1C(=O)NN. The zero-order chi connectivity index (χ0) is 13.0. The number of rotatable bonds is 4. The zero-order valence-corrected chi connectivity index (χ0v) is 10.7. The van der Waals surface area contributed by atoms with Gasteiger partial charge in [-0.25, -0.2) is 5.84 Å². The summed E-state index contributed by atoms with van der Waals surface area (Å²) in [5.74, 6) is 6.01. The number of hydrazine groups is 1. The second kappa shape index (κ2) is 6.02. The Kier molecular flexibility index (Phi) is 4.38. The molecule has 5 heteroatoms. The highest BCUT2D eigenvalue weighted by atomic mass is 16.5. The second-order valence-electron chi connectivity index (χ2n) is 4.73. The summed E-state index contributed by atoms with van der Waals surface area (Å²) in [6, 6.07) is 1.69. The first-order chi connectivity index (χ1) is 8.70. The van der Waals surface area contributed by atoms with Gasteiger partial charge >= 0.3 is 0 Å². The number of nitrogens with one attached hydrogen (secondary N) is 1. The maximum atomic E-state index is 11.4. The van der Waals surface area contributed by atoms with E-state index in [4.69, 9.17) is 15.0 Å². The molecule has 1 saturated carbocycles. The van der Waals surface area contributed by atoms with Crippen LogP contribution in [0.1, 0.15) is 54.0 Å². The van der Waals surface area contributed by atoms with Gasteiger partial charge in [0.05, 0.1) is 11.7 Å². The number of nitrogen functional groups attached to an aromatic ring is 1. The predicted molar refractivity (Wildman–Crippen MR) is 66.8 cm³/mol. The van der Waals surface area contributed by atoms with Gasteiger partial charge in [-0.05, 0) is 25.8 Å². The molecule has 1 aliphatic rings. The Morgan fingerprint density at radius 1 is 1.50 bits per heavy atom. The minimum atomic E-state index is -0.333. The maximum absolute atomic E-state index is 11.4. The lowest BCUT2D eigenvalue weighted by atomic mass is 9.98. The van der Waals surface area contributed by atoms with Crippen molar-refractivity contribution in [3.63, 3.8) is 0 Å². The van der Waals surface area contributed by atoms with Crippen molar-refractivity contribution in [3.05, 3.63) is 23.2 Å². The topological polar surface area (TPSA) is 77.5 Å². The third kappa shape index (κ3) is 3.11. The molecule has 1 heterocycles. The molecule has 0 radical (unpaired) electrons. The summed E-state index contributed by atoms with van der Waals surface area (Å²) in [6.07, 6.45) is 6.35. The van der Waals surface area contributed by atoms with E-state index >= 15 is 0 Å². The van der Waals surface area contributed by atoms with Gasteiger partial charge in [-0.3, -0.25) is 10.2 Å². The molecule has 1 fully saturated rings. The first-order valence-corrected chi connectivity index (χ1v) is 6.42. The average molecular weight is 252 g/mol. The van der Waals surface area contributed by atoms with Crippen LogP contribution in [0.15, 0.2) is 10.5 Å². The van der Waals surface area contributed by atoms with Crippen molar-refractivity contribution in [1.82, 2.24) is 5.43 Å². The lowest BCUT2D eigenvalue weighted by Gasteiger charge is -2.21. The Balaban J connectivity index is 1.91. The Hall–Kier alpha value is -1.33. The first kappa shape index (κ1) is 13.1. The quantitative estimate of drug-likeness (QED) is 0.488. The van der Waals surface area contributed by atoms with E-state index in [1.54, 1.807) is 13.0 Å². The summed E-state index contributed by atoms with van der Waals surface area (Å²) >= 11 is 0. The van der Waals surface area contributed by atoms with Crippen LogP contribution in [0.4, 0.5) is 0 Å². The van der Waals surface area contributed by atoms with Gasteiger partial charge in [0.25, 0.3) is 5.91 Å². The van der Waals surface area contributed by atoms with Gasteiger partial charge in [0.15, 0.2) is 0 Å². The van der Waals surface area contributed by atoms with E-state index in [2.05, 4.69) is 5.43 Å². The molecule has 3 N–H and O–H groups in total. The van der Waals surface area contributed by atoms with Crippen LogP contribution < -0.4 is 11.3 Å². The fourth-order valence-corrected chi connectivity index (χ4v) is 2.35. The molecule has 0 bridgehead atoms. The number of carbonyl (C=O) groups is 1. The summed E-state index contributed by atoms with van der Waals surface area (Å²) in [6.45, 7) is 2.16. The third-order valence-electron chi connectivity index (χ3n) is 3.36. The van der Waals surface area contributed by atoms with Gasteiger partial charge in [-0.2, -0.15) is 0 Å². The van der Waals surface area contributed by atoms with Crippen molar-refractivity contribution < 1.29 is 13.9 Å². The van der Waals surface area contributed by atoms with Crippen molar-refractivity contribution in [1.29, 1.82) is 0 Å². The van der Waals surface area contributed by atoms with E-state index in [1.165, 1.54) is 19.3 Å². The number of nitrogens with two attached hydrogens (primary N) is 1. The molecule has 0 saturated heterocycles. The zero-order valence-electron chi connectivity index (χ0n) is 10.7.